The molecule has 1 heterocycles. The number of nitrogens with zero attached hydrogens (tertiary/aromatic N) is 3. The van der Waals surface area contributed by atoms with Crippen LogP contribution in [0, 0.1) is 5.82 Å². The fourth-order valence-corrected chi connectivity index (χ4v) is 2.19. The van der Waals surface area contributed by atoms with Gasteiger partial charge in [-0.1, -0.05) is 23.9 Å². The Morgan fingerprint density at radius 2 is 2.11 bits per heavy atom. The normalized spacial score (nSPS) is 10.6. The lowest BCUT2D eigenvalue weighted by Gasteiger charge is -2.01. The van der Waals surface area contributed by atoms with Gasteiger partial charge in [0.15, 0.2) is 5.16 Å². The van der Waals surface area contributed by atoms with Crippen LogP contribution in [0.2, 0.25) is 0 Å². The Labute approximate surface area is 108 Å². The Hall–Kier alpha value is -1.69. The third-order valence-corrected chi connectivity index (χ3v) is 3.44. The predicted molar refractivity (Wildman–Crippen MR) is 66.8 cm³/mol. The van der Waals surface area contributed by atoms with Crippen LogP contribution in [0.3, 0.4) is 0 Å². The smallest absolute Gasteiger partial charge is 0.186 e. The van der Waals surface area contributed by atoms with Crippen LogP contribution in [0.5, 0.6) is 0 Å². The molecule has 4 nitrogen and oxygen atoms in total. The molecular formula is C12H12FN3OS. The van der Waals surface area contributed by atoms with Crippen molar-refractivity contribution in [3.8, 4) is 0 Å². The molecule has 0 aliphatic carbocycles. The maximum absolute atomic E-state index is 12.7. The summed E-state index contributed by atoms with van der Waals surface area (Å²) in [5.41, 5.74) is 0.819. The topological polar surface area (TPSA) is 47.8 Å². The first kappa shape index (κ1) is 12.8. The highest BCUT2D eigenvalue weighted by Gasteiger charge is 2.07. The van der Waals surface area contributed by atoms with Gasteiger partial charge in [-0.2, -0.15) is 5.10 Å². The zero-order valence-corrected chi connectivity index (χ0v) is 10.7. The van der Waals surface area contributed by atoms with E-state index in [0.29, 0.717) is 17.3 Å². The van der Waals surface area contributed by atoms with E-state index in [4.69, 9.17) is 0 Å². The number of halogens is 1. The van der Waals surface area contributed by atoms with E-state index in [-0.39, 0.29) is 11.6 Å². The molecule has 0 unspecified atom stereocenters. The molecule has 6 heteroatoms. The third-order valence-electron chi connectivity index (χ3n) is 2.35. The molecule has 2 rings (SSSR count). The summed E-state index contributed by atoms with van der Waals surface area (Å²) in [6.07, 6.45) is 1.76. The van der Waals surface area contributed by atoms with Gasteiger partial charge in [0.2, 0.25) is 0 Å². The summed E-state index contributed by atoms with van der Waals surface area (Å²) >= 11 is 1.35. The van der Waals surface area contributed by atoms with E-state index in [9.17, 15) is 9.18 Å². The standard InChI is InChI=1S/C12H12FN3OS/c1-16-12(14-8-15-16)18-7-11(17)6-9-2-4-10(13)5-3-9/h2-5,8H,6-7H2,1H3. The number of ketones is 1. The number of carbonyl (C=O) groups is 1. The summed E-state index contributed by atoms with van der Waals surface area (Å²) in [6.45, 7) is 0. The summed E-state index contributed by atoms with van der Waals surface area (Å²) in [4.78, 5) is 15.8. The summed E-state index contributed by atoms with van der Waals surface area (Å²) in [7, 11) is 1.78. The maximum atomic E-state index is 12.7. The highest BCUT2D eigenvalue weighted by atomic mass is 32.2. The summed E-state index contributed by atoms with van der Waals surface area (Å²) < 4.78 is 14.3. The van der Waals surface area contributed by atoms with Gasteiger partial charge in [0, 0.05) is 13.5 Å². The zero-order chi connectivity index (χ0) is 13.0. The second-order valence-corrected chi connectivity index (χ2v) is 4.74. The van der Waals surface area contributed by atoms with Crippen molar-refractivity contribution < 1.29 is 9.18 Å². The van der Waals surface area contributed by atoms with E-state index in [1.54, 1.807) is 23.9 Å². The van der Waals surface area contributed by atoms with Crippen molar-refractivity contribution in [1.82, 2.24) is 14.8 Å². The van der Waals surface area contributed by atoms with E-state index in [0.717, 1.165) is 5.56 Å². The van der Waals surface area contributed by atoms with Crippen LogP contribution < -0.4 is 0 Å². The van der Waals surface area contributed by atoms with Gasteiger partial charge < -0.3 is 0 Å². The van der Waals surface area contributed by atoms with Crippen molar-refractivity contribution in [2.45, 2.75) is 11.6 Å². The van der Waals surface area contributed by atoms with Crippen LogP contribution in [0.1, 0.15) is 5.56 Å². The number of Topliss-reactive ketones (excluding diaryl/α,β-unsaturated/α-hetero) is 1. The van der Waals surface area contributed by atoms with Crippen molar-refractivity contribution in [3.05, 3.63) is 42.0 Å². The van der Waals surface area contributed by atoms with E-state index in [1.165, 1.54) is 30.2 Å². The number of aromatic nitrogens is 3. The lowest BCUT2D eigenvalue weighted by Crippen LogP contribution is -2.06. The summed E-state index contributed by atoms with van der Waals surface area (Å²) in [5.74, 6) is 0.124. The van der Waals surface area contributed by atoms with Crippen LogP contribution in [-0.4, -0.2) is 26.3 Å². The Kier molecular flexibility index (Phi) is 4.09. The largest absolute Gasteiger partial charge is 0.298 e. The van der Waals surface area contributed by atoms with Crippen LogP contribution >= 0.6 is 11.8 Å². The molecule has 0 aliphatic heterocycles. The lowest BCUT2D eigenvalue weighted by molar-refractivity contribution is -0.116. The molecule has 0 atom stereocenters. The Morgan fingerprint density at radius 1 is 1.39 bits per heavy atom. The number of hydrogen-bond donors (Lipinski definition) is 0. The van der Waals surface area contributed by atoms with Gasteiger partial charge in [-0.25, -0.2) is 14.1 Å². The number of aryl methyl sites for hydroxylation is 1. The van der Waals surface area contributed by atoms with Crippen molar-refractivity contribution in [2.75, 3.05) is 5.75 Å². The molecule has 0 bridgehead atoms. The highest BCUT2D eigenvalue weighted by molar-refractivity contribution is 7.99. The molecule has 0 N–H and O–H groups in total. The van der Waals surface area contributed by atoms with E-state index in [2.05, 4.69) is 10.1 Å². The fraction of sp³-hybridized carbons (Fsp3) is 0.250. The van der Waals surface area contributed by atoms with Gasteiger partial charge in [0.1, 0.15) is 17.9 Å². The van der Waals surface area contributed by atoms with Crippen molar-refractivity contribution in [1.29, 1.82) is 0 Å². The molecule has 2 aromatic rings. The monoisotopic (exact) mass is 265 g/mol. The minimum absolute atomic E-state index is 0.0783. The molecule has 1 aromatic carbocycles. The molecular weight excluding hydrogens is 253 g/mol. The number of carbonyl (C=O) groups excluding carboxylic acids is 1. The van der Waals surface area contributed by atoms with Crippen molar-refractivity contribution in [3.63, 3.8) is 0 Å². The predicted octanol–water partition coefficient (Wildman–Crippen LogP) is 1.86. The van der Waals surface area contributed by atoms with Gasteiger partial charge in [-0.3, -0.25) is 4.79 Å². The van der Waals surface area contributed by atoms with Gasteiger partial charge >= 0.3 is 0 Å². The number of benzene rings is 1. The van der Waals surface area contributed by atoms with Crippen LogP contribution in [0.4, 0.5) is 4.39 Å². The van der Waals surface area contributed by atoms with Crippen LogP contribution in [0.25, 0.3) is 0 Å². The molecule has 0 aliphatic rings. The molecule has 0 radical (unpaired) electrons. The van der Waals surface area contributed by atoms with Crippen LogP contribution in [0.15, 0.2) is 35.7 Å². The van der Waals surface area contributed by atoms with E-state index < -0.39 is 0 Å². The minimum atomic E-state index is -0.292. The second-order valence-electron chi connectivity index (χ2n) is 3.80. The molecule has 18 heavy (non-hydrogen) atoms. The first-order chi connectivity index (χ1) is 8.65. The van der Waals surface area contributed by atoms with E-state index in [1.807, 2.05) is 0 Å². The zero-order valence-electron chi connectivity index (χ0n) is 9.84. The number of rotatable bonds is 5. The maximum Gasteiger partial charge on any atom is 0.186 e. The molecule has 0 saturated heterocycles. The average Bonchev–Trinajstić information content (AvgIpc) is 2.75. The highest BCUT2D eigenvalue weighted by Crippen LogP contribution is 2.14. The second kappa shape index (κ2) is 5.77. The van der Waals surface area contributed by atoms with Crippen LogP contribution in [-0.2, 0) is 18.3 Å². The van der Waals surface area contributed by atoms with Gasteiger partial charge in [0.25, 0.3) is 0 Å². The number of hydrogen-bond acceptors (Lipinski definition) is 4. The molecule has 0 saturated carbocycles. The quantitative estimate of drug-likeness (QED) is 0.774. The molecule has 0 amide bonds. The first-order valence-electron chi connectivity index (χ1n) is 5.38. The molecule has 94 valence electrons. The average molecular weight is 265 g/mol. The Morgan fingerprint density at radius 3 is 2.72 bits per heavy atom. The first-order valence-corrected chi connectivity index (χ1v) is 6.36. The van der Waals surface area contributed by atoms with Crippen molar-refractivity contribution in [2.24, 2.45) is 7.05 Å². The minimum Gasteiger partial charge on any atom is -0.298 e. The van der Waals surface area contributed by atoms with E-state index >= 15 is 0 Å². The summed E-state index contributed by atoms with van der Waals surface area (Å²) in [6, 6.07) is 5.97. The Balaban J connectivity index is 1.86. The van der Waals surface area contributed by atoms with Gasteiger partial charge in [0.05, 0.1) is 5.75 Å². The molecule has 0 spiro atoms. The van der Waals surface area contributed by atoms with Gasteiger partial charge in [-0.05, 0) is 17.7 Å². The SMILES string of the molecule is Cn1ncnc1SCC(=O)Cc1ccc(F)cc1. The summed E-state index contributed by atoms with van der Waals surface area (Å²) in [5, 5.41) is 4.63. The number of thioether (sulfide) groups is 1. The molecule has 0 fully saturated rings. The lowest BCUT2D eigenvalue weighted by atomic mass is 10.1. The molecule has 1 aromatic heterocycles. The van der Waals surface area contributed by atoms with Gasteiger partial charge in [-0.15, -0.1) is 0 Å². The van der Waals surface area contributed by atoms with Crippen molar-refractivity contribution >= 4 is 17.5 Å². The Bertz CT molecular complexity index is 539. The fourth-order valence-electron chi connectivity index (χ4n) is 1.44. The third kappa shape index (κ3) is 3.40.